The largest absolute Gasteiger partial charge is 0.478 e. The van der Waals surface area contributed by atoms with E-state index in [-0.39, 0.29) is 22.9 Å². The fourth-order valence-corrected chi connectivity index (χ4v) is 1.71. The zero-order chi connectivity index (χ0) is 15.3. The number of halogens is 1. The van der Waals surface area contributed by atoms with Gasteiger partial charge in [-0.15, -0.1) is 0 Å². The number of rotatable bonds is 6. The van der Waals surface area contributed by atoms with Gasteiger partial charge in [0.25, 0.3) is 0 Å². The molecule has 2 atom stereocenters. The van der Waals surface area contributed by atoms with E-state index in [2.05, 4.69) is 9.72 Å². The highest BCUT2D eigenvalue weighted by atomic mass is 35.5. The molecule has 2 unspecified atom stereocenters. The Morgan fingerprint density at radius 3 is 2.65 bits per heavy atom. The topological polar surface area (TPSA) is 117 Å². The zero-order valence-corrected chi connectivity index (χ0v) is 11.4. The molecule has 0 aliphatic carbocycles. The van der Waals surface area contributed by atoms with Gasteiger partial charge in [-0.1, -0.05) is 11.6 Å². The summed E-state index contributed by atoms with van der Waals surface area (Å²) in [6.45, 7) is 1.76. The van der Waals surface area contributed by atoms with Gasteiger partial charge in [0, 0.05) is 11.8 Å². The number of hydrogen-bond donors (Lipinski definition) is 3. The Morgan fingerprint density at radius 1 is 1.45 bits per heavy atom. The van der Waals surface area contributed by atoms with Crippen molar-refractivity contribution in [1.29, 1.82) is 0 Å². The summed E-state index contributed by atoms with van der Waals surface area (Å²) in [5.74, 6) is -1.93. The van der Waals surface area contributed by atoms with Crippen LogP contribution in [0.3, 0.4) is 0 Å². The SMILES string of the molecule is CCOC(=O)CC(O)C(O)c1cc(C(=O)O)cnc1Cl. The van der Waals surface area contributed by atoms with E-state index in [4.69, 9.17) is 16.7 Å². The van der Waals surface area contributed by atoms with Crippen LogP contribution in [0.25, 0.3) is 0 Å². The molecule has 0 aliphatic rings. The number of pyridine rings is 1. The number of aliphatic hydroxyl groups is 2. The van der Waals surface area contributed by atoms with Crippen LogP contribution in [0.15, 0.2) is 12.3 Å². The summed E-state index contributed by atoms with van der Waals surface area (Å²) in [7, 11) is 0. The van der Waals surface area contributed by atoms with Crippen molar-refractivity contribution in [3.05, 3.63) is 28.5 Å². The van der Waals surface area contributed by atoms with Gasteiger partial charge in [0.2, 0.25) is 0 Å². The molecule has 0 amide bonds. The number of carbonyl (C=O) groups is 2. The standard InChI is InChI=1S/C12H14ClNO6/c1-2-20-9(16)4-8(15)10(17)7-3-6(12(18)19)5-14-11(7)13/h3,5,8,10,15,17H,2,4H2,1H3,(H,18,19). The van der Waals surface area contributed by atoms with E-state index in [9.17, 15) is 19.8 Å². The number of aromatic nitrogens is 1. The molecule has 0 fully saturated rings. The molecular formula is C12H14ClNO6. The first-order valence-electron chi connectivity index (χ1n) is 5.77. The predicted octanol–water partition coefficient (Wildman–Crippen LogP) is 0.781. The van der Waals surface area contributed by atoms with E-state index in [0.29, 0.717) is 0 Å². The summed E-state index contributed by atoms with van der Waals surface area (Å²) < 4.78 is 4.64. The maximum atomic E-state index is 11.2. The van der Waals surface area contributed by atoms with Crippen LogP contribution < -0.4 is 0 Å². The summed E-state index contributed by atoms with van der Waals surface area (Å²) >= 11 is 5.75. The Labute approximate surface area is 119 Å². The van der Waals surface area contributed by atoms with E-state index in [0.717, 1.165) is 12.3 Å². The molecule has 1 rings (SSSR count). The van der Waals surface area contributed by atoms with Crippen LogP contribution in [-0.4, -0.2) is 45.0 Å². The van der Waals surface area contributed by atoms with Gasteiger partial charge in [-0.25, -0.2) is 9.78 Å². The number of hydrogen-bond acceptors (Lipinski definition) is 6. The smallest absolute Gasteiger partial charge is 0.337 e. The molecule has 1 aromatic rings. The van der Waals surface area contributed by atoms with Crippen molar-refractivity contribution >= 4 is 23.5 Å². The number of ether oxygens (including phenoxy) is 1. The van der Waals surface area contributed by atoms with E-state index in [1.807, 2.05) is 0 Å². The highest BCUT2D eigenvalue weighted by molar-refractivity contribution is 6.30. The normalized spacial score (nSPS) is 13.6. The molecule has 0 aliphatic heterocycles. The molecule has 0 saturated heterocycles. The van der Waals surface area contributed by atoms with Gasteiger partial charge < -0.3 is 20.1 Å². The van der Waals surface area contributed by atoms with E-state index in [1.54, 1.807) is 6.92 Å². The summed E-state index contributed by atoms with van der Waals surface area (Å²) in [6.07, 6.45) is -2.43. The second-order valence-electron chi connectivity index (χ2n) is 3.93. The van der Waals surface area contributed by atoms with Crippen molar-refractivity contribution in [1.82, 2.24) is 4.98 Å². The highest BCUT2D eigenvalue weighted by Gasteiger charge is 2.25. The van der Waals surface area contributed by atoms with Gasteiger partial charge in [-0.05, 0) is 13.0 Å². The third-order valence-corrected chi connectivity index (χ3v) is 2.79. The minimum atomic E-state index is -1.54. The van der Waals surface area contributed by atoms with E-state index < -0.39 is 30.6 Å². The van der Waals surface area contributed by atoms with Crippen LogP contribution in [0, 0.1) is 0 Å². The molecule has 1 heterocycles. The quantitative estimate of drug-likeness (QED) is 0.525. The van der Waals surface area contributed by atoms with Crippen LogP contribution in [0.1, 0.15) is 35.4 Å². The molecule has 110 valence electrons. The summed E-state index contributed by atoms with van der Waals surface area (Å²) in [5.41, 5.74) is -0.254. The lowest BCUT2D eigenvalue weighted by Crippen LogP contribution is -2.23. The molecule has 3 N–H and O–H groups in total. The lowest BCUT2D eigenvalue weighted by atomic mass is 10.0. The number of aromatic carboxylic acids is 1. The molecule has 0 aromatic carbocycles. The van der Waals surface area contributed by atoms with Gasteiger partial charge in [0.05, 0.1) is 24.7 Å². The van der Waals surface area contributed by atoms with Crippen molar-refractivity contribution in [2.75, 3.05) is 6.61 Å². The molecular weight excluding hydrogens is 290 g/mol. The number of carbonyl (C=O) groups excluding carboxylic acids is 1. The molecule has 8 heteroatoms. The van der Waals surface area contributed by atoms with Crippen LogP contribution in [0.4, 0.5) is 0 Å². The van der Waals surface area contributed by atoms with Crippen molar-refractivity contribution in [3.63, 3.8) is 0 Å². The fourth-order valence-electron chi connectivity index (χ4n) is 1.50. The van der Waals surface area contributed by atoms with Crippen LogP contribution in [0.5, 0.6) is 0 Å². The zero-order valence-electron chi connectivity index (χ0n) is 10.6. The van der Waals surface area contributed by atoms with Gasteiger partial charge in [0.15, 0.2) is 0 Å². The Kier molecular flexibility index (Phi) is 5.87. The fraction of sp³-hybridized carbons (Fsp3) is 0.417. The Balaban J connectivity index is 2.90. The Hall–Kier alpha value is -1.70. The molecule has 0 radical (unpaired) electrons. The maximum absolute atomic E-state index is 11.2. The predicted molar refractivity (Wildman–Crippen MR) is 68.4 cm³/mol. The van der Waals surface area contributed by atoms with Gasteiger partial charge >= 0.3 is 11.9 Å². The second-order valence-corrected chi connectivity index (χ2v) is 4.29. The number of carboxylic acid groups (broad SMARTS) is 1. The van der Waals surface area contributed by atoms with Crippen molar-refractivity contribution in [2.45, 2.75) is 25.6 Å². The average molecular weight is 304 g/mol. The minimum absolute atomic E-state index is 0.0663. The molecule has 0 bridgehead atoms. The first-order chi connectivity index (χ1) is 9.36. The summed E-state index contributed by atoms with van der Waals surface area (Å²) in [5, 5.41) is 28.3. The lowest BCUT2D eigenvalue weighted by Gasteiger charge is -2.18. The lowest BCUT2D eigenvalue weighted by molar-refractivity contribution is -0.147. The number of carboxylic acids is 1. The Morgan fingerprint density at radius 2 is 2.10 bits per heavy atom. The highest BCUT2D eigenvalue weighted by Crippen LogP contribution is 2.26. The third kappa shape index (κ3) is 4.16. The maximum Gasteiger partial charge on any atom is 0.337 e. The number of esters is 1. The van der Waals surface area contributed by atoms with Crippen LogP contribution in [-0.2, 0) is 9.53 Å². The van der Waals surface area contributed by atoms with Gasteiger partial charge in [0.1, 0.15) is 11.3 Å². The molecule has 1 aromatic heterocycles. The van der Waals surface area contributed by atoms with Gasteiger partial charge in [-0.3, -0.25) is 4.79 Å². The first-order valence-corrected chi connectivity index (χ1v) is 6.15. The molecule has 20 heavy (non-hydrogen) atoms. The molecule has 0 spiro atoms. The minimum Gasteiger partial charge on any atom is -0.478 e. The van der Waals surface area contributed by atoms with Crippen LogP contribution in [0.2, 0.25) is 5.15 Å². The average Bonchev–Trinajstić information content (AvgIpc) is 2.38. The first kappa shape index (κ1) is 16.4. The van der Waals surface area contributed by atoms with E-state index >= 15 is 0 Å². The number of nitrogens with zero attached hydrogens (tertiary/aromatic N) is 1. The monoisotopic (exact) mass is 303 g/mol. The summed E-state index contributed by atoms with van der Waals surface area (Å²) in [4.78, 5) is 25.6. The van der Waals surface area contributed by atoms with Crippen LogP contribution >= 0.6 is 11.6 Å². The third-order valence-electron chi connectivity index (χ3n) is 2.48. The van der Waals surface area contributed by atoms with Crippen molar-refractivity contribution < 1.29 is 29.6 Å². The number of aliphatic hydroxyl groups excluding tert-OH is 2. The second kappa shape index (κ2) is 7.18. The summed E-state index contributed by atoms with van der Waals surface area (Å²) in [6, 6.07) is 1.09. The van der Waals surface area contributed by atoms with Gasteiger partial charge in [-0.2, -0.15) is 0 Å². The Bertz CT molecular complexity index is 507. The van der Waals surface area contributed by atoms with Crippen molar-refractivity contribution in [2.24, 2.45) is 0 Å². The molecule has 0 saturated carbocycles. The van der Waals surface area contributed by atoms with Crippen molar-refractivity contribution in [3.8, 4) is 0 Å². The molecule has 7 nitrogen and oxygen atoms in total. The van der Waals surface area contributed by atoms with E-state index in [1.165, 1.54) is 0 Å².